The molecule has 0 amide bonds. The van der Waals surface area contributed by atoms with Gasteiger partial charge in [0.15, 0.2) is 0 Å². The molecule has 0 aromatic heterocycles. The third-order valence-corrected chi connectivity index (χ3v) is 3.51. The molecule has 1 aromatic rings. The summed E-state index contributed by atoms with van der Waals surface area (Å²) in [7, 11) is 4.16. The van der Waals surface area contributed by atoms with Gasteiger partial charge in [-0.1, -0.05) is 12.1 Å². The van der Waals surface area contributed by atoms with Gasteiger partial charge in [-0.05, 0) is 43.4 Å². The predicted octanol–water partition coefficient (Wildman–Crippen LogP) is 2.40. The van der Waals surface area contributed by atoms with Crippen LogP contribution < -0.4 is 10.6 Å². The van der Waals surface area contributed by atoms with E-state index in [1.165, 1.54) is 23.2 Å². The number of hydrogen-bond donors (Lipinski definition) is 1. The van der Waals surface area contributed by atoms with Crippen molar-refractivity contribution >= 4 is 5.69 Å². The van der Waals surface area contributed by atoms with E-state index in [2.05, 4.69) is 44.1 Å². The van der Waals surface area contributed by atoms with Crippen molar-refractivity contribution in [3.05, 3.63) is 29.3 Å². The molecule has 0 bridgehead atoms. The molecule has 0 heterocycles. The number of nitrogens with zero attached hydrogens (tertiary/aromatic N) is 1. The summed E-state index contributed by atoms with van der Waals surface area (Å²) < 4.78 is 0. The molecule has 82 valence electrons. The summed E-state index contributed by atoms with van der Waals surface area (Å²) in [6, 6.07) is 6.60. The number of aryl methyl sites for hydroxylation is 1. The van der Waals surface area contributed by atoms with E-state index in [0.717, 1.165) is 12.8 Å². The Morgan fingerprint density at radius 1 is 1.27 bits per heavy atom. The summed E-state index contributed by atoms with van der Waals surface area (Å²) in [4.78, 5) is 2.15. The molecular weight excluding hydrogens is 184 g/mol. The van der Waals surface area contributed by atoms with Crippen molar-refractivity contribution in [2.75, 3.05) is 19.0 Å². The summed E-state index contributed by atoms with van der Waals surface area (Å²) in [5.41, 5.74) is 10.2. The number of anilines is 1. The van der Waals surface area contributed by atoms with Crippen molar-refractivity contribution in [3.63, 3.8) is 0 Å². The first-order chi connectivity index (χ1) is 7.03. The first-order valence-corrected chi connectivity index (χ1v) is 5.60. The van der Waals surface area contributed by atoms with E-state index in [1.54, 1.807) is 0 Å². The van der Waals surface area contributed by atoms with Crippen LogP contribution in [-0.2, 0) is 5.54 Å². The zero-order valence-electron chi connectivity index (χ0n) is 9.88. The largest absolute Gasteiger partial charge is 0.377 e. The maximum Gasteiger partial charge on any atom is 0.0410 e. The highest BCUT2D eigenvalue weighted by Crippen LogP contribution is 2.40. The molecular formula is C13H20N2. The molecule has 2 N–H and O–H groups in total. The van der Waals surface area contributed by atoms with Crippen LogP contribution in [0.1, 0.15) is 30.4 Å². The second-order valence-electron chi connectivity index (χ2n) is 4.91. The van der Waals surface area contributed by atoms with Crippen LogP contribution in [0.3, 0.4) is 0 Å². The Balaban J connectivity index is 2.38. The molecule has 1 saturated carbocycles. The first kappa shape index (κ1) is 10.5. The van der Waals surface area contributed by atoms with Crippen LogP contribution in [-0.4, -0.2) is 14.1 Å². The summed E-state index contributed by atoms with van der Waals surface area (Å²) >= 11 is 0. The fourth-order valence-electron chi connectivity index (χ4n) is 2.25. The lowest BCUT2D eigenvalue weighted by Crippen LogP contribution is -2.43. The number of rotatable bonds is 2. The van der Waals surface area contributed by atoms with Gasteiger partial charge in [0.05, 0.1) is 0 Å². The van der Waals surface area contributed by atoms with Crippen molar-refractivity contribution in [1.29, 1.82) is 0 Å². The summed E-state index contributed by atoms with van der Waals surface area (Å²) in [5.74, 6) is 0. The van der Waals surface area contributed by atoms with Gasteiger partial charge in [0.1, 0.15) is 0 Å². The maximum absolute atomic E-state index is 6.32. The fraction of sp³-hybridized carbons (Fsp3) is 0.538. The highest BCUT2D eigenvalue weighted by molar-refractivity contribution is 5.55. The molecule has 0 atom stereocenters. The van der Waals surface area contributed by atoms with E-state index in [9.17, 15) is 0 Å². The maximum atomic E-state index is 6.32. The van der Waals surface area contributed by atoms with E-state index < -0.39 is 0 Å². The van der Waals surface area contributed by atoms with Gasteiger partial charge in [0.25, 0.3) is 0 Å². The molecule has 2 nitrogen and oxygen atoms in total. The molecule has 0 spiro atoms. The van der Waals surface area contributed by atoms with Crippen LogP contribution in [0.25, 0.3) is 0 Å². The minimum Gasteiger partial charge on any atom is -0.377 e. The van der Waals surface area contributed by atoms with Gasteiger partial charge < -0.3 is 10.6 Å². The second-order valence-corrected chi connectivity index (χ2v) is 4.91. The minimum absolute atomic E-state index is 0.0432. The molecule has 0 aliphatic heterocycles. The van der Waals surface area contributed by atoms with Crippen LogP contribution in [0.15, 0.2) is 18.2 Å². The molecule has 0 radical (unpaired) electrons. The predicted molar refractivity (Wildman–Crippen MR) is 65.2 cm³/mol. The standard InChI is InChI=1S/C13H20N2/c1-10-5-6-11(9-12(10)15(2)3)13(14)7-4-8-13/h5-6,9H,4,7-8,14H2,1-3H3. The van der Waals surface area contributed by atoms with E-state index in [0.29, 0.717) is 0 Å². The normalized spacial score (nSPS) is 18.4. The van der Waals surface area contributed by atoms with Crippen molar-refractivity contribution in [1.82, 2.24) is 0 Å². The van der Waals surface area contributed by atoms with Gasteiger partial charge in [0, 0.05) is 25.3 Å². The number of nitrogens with two attached hydrogens (primary N) is 1. The molecule has 15 heavy (non-hydrogen) atoms. The topological polar surface area (TPSA) is 29.3 Å². The van der Waals surface area contributed by atoms with Crippen LogP contribution >= 0.6 is 0 Å². The minimum atomic E-state index is -0.0432. The Morgan fingerprint density at radius 2 is 1.93 bits per heavy atom. The van der Waals surface area contributed by atoms with Crippen LogP contribution in [0, 0.1) is 6.92 Å². The summed E-state index contributed by atoms with van der Waals surface area (Å²) in [6.45, 7) is 2.14. The fourth-order valence-corrected chi connectivity index (χ4v) is 2.25. The van der Waals surface area contributed by atoms with Gasteiger partial charge in [-0.3, -0.25) is 0 Å². The van der Waals surface area contributed by atoms with Gasteiger partial charge in [0.2, 0.25) is 0 Å². The molecule has 0 unspecified atom stereocenters. The lowest BCUT2D eigenvalue weighted by atomic mass is 9.72. The Hall–Kier alpha value is -1.02. The average molecular weight is 204 g/mol. The Bertz CT molecular complexity index is 365. The second kappa shape index (κ2) is 3.53. The zero-order valence-corrected chi connectivity index (χ0v) is 9.88. The van der Waals surface area contributed by atoms with Crippen LogP contribution in [0.5, 0.6) is 0 Å². The lowest BCUT2D eigenvalue weighted by molar-refractivity contribution is 0.253. The van der Waals surface area contributed by atoms with Crippen molar-refractivity contribution in [2.24, 2.45) is 5.73 Å². The van der Waals surface area contributed by atoms with Gasteiger partial charge in [-0.25, -0.2) is 0 Å². The third kappa shape index (κ3) is 1.74. The van der Waals surface area contributed by atoms with Crippen LogP contribution in [0.4, 0.5) is 5.69 Å². The molecule has 1 fully saturated rings. The highest BCUT2D eigenvalue weighted by Gasteiger charge is 2.34. The quantitative estimate of drug-likeness (QED) is 0.801. The van der Waals surface area contributed by atoms with E-state index in [4.69, 9.17) is 5.73 Å². The van der Waals surface area contributed by atoms with E-state index in [1.807, 2.05) is 0 Å². The molecule has 0 saturated heterocycles. The van der Waals surface area contributed by atoms with Crippen molar-refractivity contribution in [2.45, 2.75) is 31.7 Å². The molecule has 2 rings (SSSR count). The van der Waals surface area contributed by atoms with E-state index >= 15 is 0 Å². The SMILES string of the molecule is Cc1ccc(C2(N)CCC2)cc1N(C)C. The van der Waals surface area contributed by atoms with Crippen molar-refractivity contribution < 1.29 is 0 Å². The summed E-state index contributed by atoms with van der Waals surface area (Å²) in [5, 5.41) is 0. The van der Waals surface area contributed by atoms with Crippen molar-refractivity contribution in [3.8, 4) is 0 Å². The molecule has 1 aliphatic carbocycles. The first-order valence-electron chi connectivity index (χ1n) is 5.60. The molecule has 1 aliphatic rings. The highest BCUT2D eigenvalue weighted by atomic mass is 15.1. The average Bonchev–Trinajstić information content (AvgIpc) is 2.14. The van der Waals surface area contributed by atoms with E-state index in [-0.39, 0.29) is 5.54 Å². The third-order valence-electron chi connectivity index (χ3n) is 3.51. The molecule has 1 aromatic carbocycles. The smallest absolute Gasteiger partial charge is 0.0410 e. The van der Waals surface area contributed by atoms with Crippen LogP contribution in [0.2, 0.25) is 0 Å². The van der Waals surface area contributed by atoms with Gasteiger partial charge >= 0.3 is 0 Å². The molecule has 2 heteroatoms. The van der Waals surface area contributed by atoms with Gasteiger partial charge in [-0.2, -0.15) is 0 Å². The Morgan fingerprint density at radius 3 is 2.40 bits per heavy atom. The monoisotopic (exact) mass is 204 g/mol. The number of benzene rings is 1. The summed E-state index contributed by atoms with van der Waals surface area (Å²) in [6.07, 6.45) is 3.52. The van der Waals surface area contributed by atoms with Gasteiger partial charge in [-0.15, -0.1) is 0 Å². The Kier molecular flexibility index (Phi) is 2.47. The lowest BCUT2D eigenvalue weighted by Gasteiger charge is -2.39. The number of hydrogen-bond acceptors (Lipinski definition) is 2. The zero-order chi connectivity index (χ0) is 11.1. The Labute approximate surface area is 92.1 Å².